The van der Waals surface area contributed by atoms with Crippen LogP contribution < -0.4 is 24.2 Å². The summed E-state index contributed by atoms with van der Waals surface area (Å²) in [4.78, 5) is 12.3. The Labute approximate surface area is 128 Å². The monoisotopic (exact) mass is 262 g/mol. The molecule has 92 valence electrons. The van der Waals surface area contributed by atoms with Crippen LogP contribution in [0.4, 0.5) is 0 Å². The van der Waals surface area contributed by atoms with Gasteiger partial charge in [-0.05, 0) is 37.5 Å². The second-order valence-corrected chi connectivity index (χ2v) is 5.67. The molecular weight excluding hydrogens is 246 g/mol. The van der Waals surface area contributed by atoms with E-state index in [-0.39, 0.29) is 24.4 Å². The Morgan fingerprint density at radius 2 is 1.42 bits per heavy atom. The van der Waals surface area contributed by atoms with Gasteiger partial charge in [0.2, 0.25) is 0 Å². The molecule has 0 aromatic heterocycles. The number of hydrogen-bond acceptors (Lipinski definition) is 1. The van der Waals surface area contributed by atoms with Crippen LogP contribution in [-0.4, -0.2) is 5.52 Å². The van der Waals surface area contributed by atoms with E-state index in [1.807, 2.05) is 63.2 Å². The predicted octanol–water partition coefficient (Wildman–Crippen LogP) is 1.03. The standard InChI is InChI=1S/C16H16OP.Li/c1-11-7-9-14(10-8-11)18-16(17)15-12(2)5-4-6-13(15)3;/h4-10H,1-3H3;/q-1;+1. The summed E-state index contributed by atoms with van der Waals surface area (Å²) < 4.78 is 0. The van der Waals surface area contributed by atoms with Crippen molar-refractivity contribution in [1.82, 2.24) is 0 Å². The van der Waals surface area contributed by atoms with Gasteiger partial charge in [0.25, 0.3) is 0 Å². The van der Waals surface area contributed by atoms with Gasteiger partial charge in [0.05, 0.1) is 0 Å². The van der Waals surface area contributed by atoms with Crippen LogP contribution in [0.5, 0.6) is 0 Å². The third-order valence-electron chi connectivity index (χ3n) is 2.96. The summed E-state index contributed by atoms with van der Waals surface area (Å²) in [5.41, 5.74) is 4.36. The third kappa shape index (κ3) is 4.05. The number of aryl methyl sites for hydroxylation is 3. The molecule has 3 heteroatoms. The quantitative estimate of drug-likeness (QED) is 0.596. The van der Waals surface area contributed by atoms with E-state index >= 15 is 0 Å². The van der Waals surface area contributed by atoms with Crippen LogP contribution in [-0.2, 0) is 0 Å². The van der Waals surface area contributed by atoms with Gasteiger partial charge in [0.1, 0.15) is 0 Å². The Morgan fingerprint density at radius 1 is 0.895 bits per heavy atom. The zero-order valence-corrected chi connectivity index (χ0v) is 12.8. The third-order valence-corrected chi connectivity index (χ3v) is 3.94. The van der Waals surface area contributed by atoms with Gasteiger partial charge in [0, 0.05) is 5.52 Å². The maximum Gasteiger partial charge on any atom is 1.00 e. The number of carbonyl (C=O) groups is 1. The fourth-order valence-electron chi connectivity index (χ4n) is 1.94. The fourth-order valence-corrected chi connectivity index (χ4v) is 2.94. The molecule has 0 saturated carbocycles. The van der Waals surface area contributed by atoms with Crippen molar-refractivity contribution in [2.24, 2.45) is 0 Å². The van der Waals surface area contributed by atoms with Gasteiger partial charge in [-0.3, -0.25) is 0 Å². The van der Waals surface area contributed by atoms with Crippen molar-refractivity contribution in [2.75, 3.05) is 0 Å². The molecule has 0 atom stereocenters. The molecule has 0 N–H and O–H groups in total. The van der Waals surface area contributed by atoms with Crippen molar-refractivity contribution in [3.63, 3.8) is 0 Å². The summed E-state index contributed by atoms with van der Waals surface area (Å²) in [7, 11) is 0.750. The molecule has 0 aliphatic heterocycles. The van der Waals surface area contributed by atoms with Gasteiger partial charge in [-0.2, -0.15) is 5.30 Å². The first-order valence-electron chi connectivity index (χ1n) is 5.97. The average molecular weight is 262 g/mol. The first kappa shape index (κ1) is 16.2. The number of carbonyl (C=O) groups excluding carboxylic acids is 1. The van der Waals surface area contributed by atoms with Crippen molar-refractivity contribution in [1.29, 1.82) is 0 Å². The average Bonchev–Trinajstić information content (AvgIpc) is 2.32. The van der Waals surface area contributed by atoms with Crippen molar-refractivity contribution in [2.45, 2.75) is 20.8 Å². The van der Waals surface area contributed by atoms with Gasteiger partial charge in [-0.25, -0.2) is 0 Å². The van der Waals surface area contributed by atoms with E-state index in [1.165, 1.54) is 5.56 Å². The van der Waals surface area contributed by atoms with Crippen LogP contribution in [0, 0.1) is 20.8 Å². The molecule has 0 radical (unpaired) electrons. The number of rotatable bonds is 3. The van der Waals surface area contributed by atoms with Gasteiger partial charge >= 0.3 is 18.9 Å². The summed E-state index contributed by atoms with van der Waals surface area (Å²) in [6.07, 6.45) is 0. The molecule has 0 saturated heterocycles. The Hall–Kier alpha value is -0.863. The SMILES string of the molecule is Cc1ccc([P-]C(=O)c2c(C)cccc2C)cc1.[Li+]. The minimum atomic E-state index is 0. The summed E-state index contributed by atoms with van der Waals surface area (Å²) >= 11 is 0. The van der Waals surface area contributed by atoms with Crippen molar-refractivity contribution in [3.8, 4) is 0 Å². The summed E-state index contributed by atoms with van der Waals surface area (Å²) in [6, 6.07) is 14.1. The van der Waals surface area contributed by atoms with Crippen LogP contribution in [0.15, 0.2) is 42.5 Å². The van der Waals surface area contributed by atoms with Gasteiger partial charge < -0.3 is 13.4 Å². The minimum absolute atomic E-state index is 0. The molecule has 1 nitrogen and oxygen atoms in total. The van der Waals surface area contributed by atoms with Gasteiger partial charge in [-0.1, -0.05) is 48.0 Å². The molecule has 2 aromatic carbocycles. The van der Waals surface area contributed by atoms with E-state index in [9.17, 15) is 4.79 Å². The van der Waals surface area contributed by atoms with Gasteiger partial charge in [0.15, 0.2) is 0 Å². The summed E-state index contributed by atoms with van der Waals surface area (Å²) in [5, 5.41) is 1.05. The topological polar surface area (TPSA) is 17.1 Å². The molecule has 0 bridgehead atoms. The smallest absolute Gasteiger partial charge is 0.426 e. The second-order valence-electron chi connectivity index (χ2n) is 4.52. The van der Waals surface area contributed by atoms with E-state index in [0.717, 1.165) is 30.6 Å². The van der Waals surface area contributed by atoms with Crippen molar-refractivity contribution < 1.29 is 23.7 Å². The van der Waals surface area contributed by atoms with Crippen molar-refractivity contribution >= 4 is 19.4 Å². The maximum absolute atomic E-state index is 12.3. The first-order chi connectivity index (χ1) is 8.58. The molecule has 0 fully saturated rings. The molecule has 0 aliphatic carbocycles. The number of hydrogen-bond donors (Lipinski definition) is 0. The fraction of sp³-hybridized carbons (Fsp3) is 0.188. The van der Waals surface area contributed by atoms with E-state index in [2.05, 4.69) is 0 Å². The zero-order chi connectivity index (χ0) is 13.1. The molecule has 2 aromatic rings. The van der Waals surface area contributed by atoms with Crippen LogP contribution in [0.3, 0.4) is 0 Å². The summed E-state index contributed by atoms with van der Waals surface area (Å²) in [5.74, 6) is 0. The second kappa shape index (κ2) is 7.06. The summed E-state index contributed by atoms with van der Waals surface area (Å²) in [6.45, 7) is 6.03. The zero-order valence-electron chi connectivity index (χ0n) is 11.9. The normalized spacial score (nSPS) is 10.5. The molecule has 0 unspecified atom stereocenters. The van der Waals surface area contributed by atoms with Crippen LogP contribution in [0.25, 0.3) is 0 Å². The molecule has 0 spiro atoms. The van der Waals surface area contributed by atoms with Crippen molar-refractivity contribution in [3.05, 3.63) is 64.7 Å². The molecule has 0 aliphatic rings. The van der Waals surface area contributed by atoms with E-state index < -0.39 is 0 Å². The Morgan fingerprint density at radius 3 is 1.95 bits per heavy atom. The van der Waals surface area contributed by atoms with E-state index in [1.54, 1.807) is 0 Å². The Bertz CT molecular complexity index is 556. The Kier molecular flexibility index (Phi) is 6.02. The molecule has 0 amide bonds. The number of benzene rings is 2. The minimum Gasteiger partial charge on any atom is -0.426 e. The molecule has 0 heterocycles. The van der Waals surface area contributed by atoms with Crippen LogP contribution in [0.2, 0.25) is 0 Å². The van der Waals surface area contributed by atoms with Crippen LogP contribution >= 0.6 is 8.58 Å². The molecule has 2 rings (SSSR count). The molecule has 19 heavy (non-hydrogen) atoms. The Balaban J connectivity index is 0.00000180. The van der Waals surface area contributed by atoms with E-state index in [4.69, 9.17) is 0 Å². The first-order valence-corrected chi connectivity index (χ1v) is 6.86. The van der Waals surface area contributed by atoms with Gasteiger partial charge in [-0.15, -0.1) is 0 Å². The van der Waals surface area contributed by atoms with E-state index in [0.29, 0.717) is 0 Å². The largest absolute Gasteiger partial charge is 1.00 e. The molecular formula is C16H16LiOP. The van der Waals surface area contributed by atoms with Crippen LogP contribution in [0.1, 0.15) is 27.0 Å². The maximum atomic E-state index is 12.3. The predicted molar refractivity (Wildman–Crippen MR) is 78.0 cm³/mol.